The van der Waals surface area contributed by atoms with Crippen molar-refractivity contribution in [3.05, 3.63) is 65.2 Å². The van der Waals surface area contributed by atoms with Gasteiger partial charge >= 0.3 is 6.18 Å². The minimum Gasteiger partial charge on any atom is -0.370 e. The molecule has 0 fully saturated rings. The van der Waals surface area contributed by atoms with E-state index in [1.54, 1.807) is 18.2 Å². The van der Waals surface area contributed by atoms with Gasteiger partial charge in [0.25, 0.3) is 0 Å². The number of benzene rings is 2. The van der Waals surface area contributed by atoms with Crippen molar-refractivity contribution in [2.45, 2.75) is 26.3 Å². The number of halogens is 4. The van der Waals surface area contributed by atoms with E-state index in [1.165, 1.54) is 0 Å². The number of aryl methyl sites for hydroxylation is 1. The van der Waals surface area contributed by atoms with Crippen molar-refractivity contribution >= 4 is 35.6 Å². The standard InChI is InChI=1S/C18H20F3N3O.HI/c1-13-5-7-16(8-6-13)24-17(22)23-10-14-3-2-4-15(9-14)11-25-12-18(19,20)21;/h2-9H,10-12H2,1H3,(H3,22,23,24);1H. The van der Waals surface area contributed by atoms with Crippen LogP contribution in [-0.4, -0.2) is 18.7 Å². The smallest absolute Gasteiger partial charge is 0.370 e. The average Bonchev–Trinajstić information content (AvgIpc) is 2.54. The van der Waals surface area contributed by atoms with Gasteiger partial charge in [0.1, 0.15) is 6.61 Å². The van der Waals surface area contributed by atoms with Crippen LogP contribution in [0.2, 0.25) is 0 Å². The summed E-state index contributed by atoms with van der Waals surface area (Å²) in [6, 6.07) is 14.7. The highest BCUT2D eigenvalue weighted by molar-refractivity contribution is 14.0. The Hall–Kier alpha value is -1.81. The number of ether oxygens (including phenoxy) is 1. The van der Waals surface area contributed by atoms with Crippen LogP contribution in [0.1, 0.15) is 16.7 Å². The normalized spacial score (nSPS) is 11.8. The molecule has 0 saturated carbocycles. The second-order valence-corrected chi connectivity index (χ2v) is 5.62. The van der Waals surface area contributed by atoms with Gasteiger partial charge in [0, 0.05) is 5.69 Å². The number of anilines is 1. The van der Waals surface area contributed by atoms with Gasteiger partial charge in [-0.1, -0.05) is 42.0 Å². The Kier molecular flexibility index (Phi) is 8.86. The van der Waals surface area contributed by atoms with Crippen molar-refractivity contribution in [3.8, 4) is 0 Å². The highest BCUT2D eigenvalue weighted by Crippen LogP contribution is 2.16. The Morgan fingerprint density at radius 3 is 2.42 bits per heavy atom. The van der Waals surface area contributed by atoms with E-state index in [4.69, 9.17) is 5.73 Å². The van der Waals surface area contributed by atoms with Crippen LogP contribution in [0, 0.1) is 6.92 Å². The van der Waals surface area contributed by atoms with Gasteiger partial charge in [-0.3, -0.25) is 0 Å². The lowest BCUT2D eigenvalue weighted by Crippen LogP contribution is -2.22. The molecule has 0 amide bonds. The maximum atomic E-state index is 12.1. The van der Waals surface area contributed by atoms with Crippen LogP contribution in [0.5, 0.6) is 0 Å². The molecule has 0 spiro atoms. The fraction of sp³-hybridized carbons (Fsp3) is 0.278. The number of guanidine groups is 1. The van der Waals surface area contributed by atoms with Crippen molar-refractivity contribution in [2.75, 3.05) is 11.9 Å². The molecule has 0 heterocycles. The molecule has 0 radical (unpaired) electrons. The molecule has 2 aromatic carbocycles. The van der Waals surface area contributed by atoms with E-state index < -0.39 is 12.8 Å². The summed E-state index contributed by atoms with van der Waals surface area (Å²) in [7, 11) is 0. The summed E-state index contributed by atoms with van der Waals surface area (Å²) in [4.78, 5) is 4.24. The molecule has 4 nitrogen and oxygen atoms in total. The zero-order chi connectivity index (χ0) is 18.3. The highest BCUT2D eigenvalue weighted by atomic mass is 127. The van der Waals surface area contributed by atoms with Crippen molar-refractivity contribution in [3.63, 3.8) is 0 Å². The largest absolute Gasteiger partial charge is 0.411 e. The monoisotopic (exact) mass is 479 g/mol. The van der Waals surface area contributed by atoms with Crippen LogP contribution >= 0.6 is 24.0 Å². The van der Waals surface area contributed by atoms with Gasteiger partial charge in [0.2, 0.25) is 0 Å². The summed E-state index contributed by atoms with van der Waals surface area (Å²) >= 11 is 0. The summed E-state index contributed by atoms with van der Waals surface area (Å²) in [6.45, 7) is 0.946. The van der Waals surface area contributed by atoms with Gasteiger partial charge in [-0.2, -0.15) is 13.2 Å². The first kappa shape index (κ1) is 22.2. The Morgan fingerprint density at radius 1 is 1.12 bits per heavy atom. The highest BCUT2D eigenvalue weighted by Gasteiger charge is 2.27. The number of hydrogen-bond acceptors (Lipinski definition) is 2. The number of nitrogens with one attached hydrogen (secondary N) is 1. The van der Waals surface area contributed by atoms with E-state index in [-0.39, 0.29) is 36.5 Å². The van der Waals surface area contributed by atoms with Crippen LogP contribution in [0.25, 0.3) is 0 Å². The van der Waals surface area contributed by atoms with E-state index in [0.717, 1.165) is 16.8 Å². The number of nitrogens with two attached hydrogens (primary N) is 1. The number of aliphatic imine (C=N–C) groups is 1. The van der Waals surface area contributed by atoms with E-state index in [1.807, 2.05) is 37.3 Å². The lowest BCUT2D eigenvalue weighted by Gasteiger charge is -2.09. The first-order chi connectivity index (χ1) is 11.8. The number of nitrogens with zero attached hydrogens (tertiary/aromatic N) is 1. The van der Waals surface area contributed by atoms with Gasteiger partial charge in [0.15, 0.2) is 5.96 Å². The maximum absolute atomic E-state index is 12.1. The van der Waals surface area contributed by atoms with Gasteiger partial charge < -0.3 is 15.8 Å². The lowest BCUT2D eigenvalue weighted by atomic mass is 10.1. The van der Waals surface area contributed by atoms with Crippen LogP contribution in [0.15, 0.2) is 53.5 Å². The van der Waals surface area contributed by atoms with Gasteiger partial charge in [0.05, 0.1) is 13.2 Å². The van der Waals surface area contributed by atoms with E-state index in [0.29, 0.717) is 12.1 Å². The minimum absolute atomic E-state index is 0. The second-order valence-electron chi connectivity index (χ2n) is 5.62. The molecule has 0 unspecified atom stereocenters. The van der Waals surface area contributed by atoms with Crippen LogP contribution in [0.4, 0.5) is 18.9 Å². The molecule has 3 N–H and O–H groups in total. The Bertz CT molecular complexity index is 718. The molecule has 0 aromatic heterocycles. The van der Waals surface area contributed by atoms with Crippen molar-refractivity contribution in [1.29, 1.82) is 0 Å². The fourth-order valence-corrected chi connectivity index (χ4v) is 2.10. The number of alkyl halides is 3. The van der Waals surface area contributed by atoms with Crippen molar-refractivity contribution < 1.29 is 17.9 Å². The molecule has 0 aliphatic carbocycles. The Labute approximate surface area is 167 Å². The third-order valence-electron chi connectivity index (χ3n) is 3.28. The molecular formula is C18H21F3IN3O. The summed E-state index contributed by atoms with van der Waals surface area (Å²) in [6.07, 6.45) is -4.32. The van der Waals surface area contributed by atoms with E-state index in [2.05, 4.69) is 15.0 Å². The van der Waals surface area contributed by atoms with Crippen LogP contribution in [0.3, 0.4) is 0 Å². The first-order valence-corrected chi connectivity index (χ1v) is 7.68. The quantitative estimate of drug-likeness (QED) is 0.361. The van der Waals surface area contributed by atoms with E-state index >= 15 is 0 Å². The fourth-order valence-electron chi connectivity index (χ4n) is 2.10. The Morgan fingerprint density at radius 2 is 1.77 bits per heavy atom. The lowest BCUT2D eigenvalue weighted by molar-refractivity contribution is -0.176. The topological polar surface area (TPSA) is 59.6 Å². The molecular weight excluding hydrogens is 458 g/mol. The molecule has 2 aromatic rings. The molecule has 0 aliphatic heterocycles. The van der Waals surface area contributed by atoms with Crippen LogP contribution in [-0.2, 0) is 17.9 Å². The third kappa shape index (κ3) is 8.52. The third-order valence-corrected chi connectivity index (χ3v) is 3.28. The molecule has 2 rings (SSSR count). The zero-order valence-corrected chi connectivity index (χ0v) is 16.5. The predicted molar refractivity (Wildman–Crippen MR) is 108 cm³/mol. The van der Waals surface area contributed by atoms with Crippen LogP contribution < -0.4 is 11.1 Å². The maximum Gasteiger partial charge on any atom is 0.411 e. The van der Waals surface area contributed by atoms with Gasteiger partial charge in [-0.25, -0.2) is 4.99 Å². The van der Waals surface area contributed by atoms with Crippen molar-refractivity contribution in [1.82, 2.24) is 0 Å². The molecule has 142 valence electrons. The molecule has 8 heteroatoms. The predicted octanol–water partition coefficient (Wildman–Crippen LogP) is 4.62. The second kappa shape index (κ2) is 10.4. The summed E-state index contributed by atoms with van der Waals surface area (Å²) in [5, 5.41) is 2.98. The zero-order valence-electron chi connectivity index (χ0n) is 14.2. The number of rotatable bonds is 6. The van der Waals surface area contributed by atoms with E-state index in [9.17, 15) is 13.2 Å². The molecule has 0 bridgehead atoms. The van der Waals surface area contributed by atoms with Gasteiger partial charge in [-0.05, 0) is 30.2 Å². The van der Waals surface area contributed by atoms with Gasteiger partial charge in [-0.15, -0.1) is 24.0 Å². The molecule has 0 atom stereocenters. The molecule has 26 heavy (non-hydrogen) atoms. The minimum atomic E-state index is -4.32. The first-order valence-electron chi connectivity index (χ1n) is 7.68. The van der Waals surface area contributed by atoms with Crippen molar-refractivity contribution in [2.24, 2.45) is 10.7 Å². The summed E-state index contributed by atoms with van der Waals surface area (Å²) in [5.41, 5.74) is 9.32. The average molecular weight is 479 g/mol. The Balaban J connectivity index is 0.00000338. The molecule has 0 saturated heterocycles. The molecule has 0 aliphatic rings. The SMILES string of the molecule is Cc1ccc(NC(N)=NCc2cccc(COCC(F)(F)F)c2)cc1.I. The number of hydrogen-bond donors (Lipinski definition) is 2. The summed E-state index contributed by atoms with van der Waals surface area (Å²) in [5.74, 6) is 0.266. The summed E-state index contributed by atoms with van der Waals surface area (Å²) < 4.78 is 40.9.